The van der Waals surface area contributed by atoms with E-state index in [4.69, 9.17) is 10.00 Å². The molecule has 0 N–H and O–H groups in total. The first kappa shape index (κ1) is 11.0. The van der Waals surface area contributed by atoms with E-state index in [1.807, 2.05) is 25.1 Å². The van der Waals surface area contributed by atoms with Gasteiger partial charge in [0.2, 0.25) is 0 Å². The van der Waals surface area contributed by atoms with Crippen LogP contribution in [0.3, 0.4) is 0 Å². The van der Waals surface area contributed by atoms with E-state index in [1.165, 1.54) is 25.7 Å². The molecule has 2 nitrogen and oxygen atoms in total. The van der Waals surface area contributed by atoms with Crippen LogP contribution in [0, 0.1) is 24.2 Å². The largest absolute Gasteiger partial charge is 0.493 e. The molecule has 1 aliphatic rings. The van der Waals surface area contributed by atoms with E-state index in [1.54, 1.807) is 0 Å². The topological polar surface area (TPSA) is 33.0 Å². The first-order chi connectivity index (χ1) is 7.79. The highest BCUT2D eigenvalue weighted by Gasteiger charge is 2.15. The minimum absolute atomic E-state index is 0.673. The fourth-order valence-corrected chi connectivity index (χ4v) is 2.21. The Morgan fingerprint density at radius 1 is 1.38 bits per heavy atom. The molecule has 1 saturated carbocycles. The molecule has 84 valence electrons. The van der Waals surface area contributed by atoms with E-state index in [2.05, 4.69) is 6.07 Å². The van der Waals surface area contributed by atoms with E-state index >= 15 is 0 Å². The van der Waals surface area contributed by atoms with Crippen molar-refractivity contribution in [2.75, 3.05) is 6.61 Å². The predicted molar refractivity (Wildman–Crippen MR) is 63.3 cm³/mol. The van der Waals surface area contributed by atoms with Gasteiger partial charge in [-0.25, -0.2) is 0 Å². The Labute approximate surface area is 96.9 Å². The minimum Gasteiger partial charge on any atom is -0.493 e. The van der Waals surface area contributed by atoms with Gasteiger partial charge in [-0.15, -0.1) is 0 Å². The van der Waals surface area contributed by atoms with Crippen LogP contribution in [0.4, 0.5) is 0 Å². The molecular weight excluding hydrogens is 198 g/mol. The first-order valence-corrected chi connectivity index (χ1v) is 5.93. The zero-order valence-corrected chi connectivity index (χ0v) is 9.70. The van der Waals surface area contributed by atoms with Crippen molar-refractivity contribution in [3.05, 3.63) is 29.3 Å². The number of rotatable bonds is 3. The summed E-state index contributed by atoms with van der Waals surface area (Å²) in [6, 6.07) is 7.76. The Hall–Kier alpha value is -1.49. The summed E-state index contributed by atoms with van der Waals surface area (Å²) in [5.74, 6) is 1.58. The maximum atomic E-state index is 8.83. The summed E-state index contributed by atoms with van der Waals surface area (Å²) in [6.45, 7) is 2.82. The fourth-order valence-electron chi connectivity index (χ4n) is 2.21. The number of hydrogen-bond acceptors (Lipinski definition) is 2. The molecule has 0 radical (unpaired) electrons. The highest BCUT2D eigenvalue weighted by Crippen LogP contribution is 2.26. The molecule has 0 heterocycles. The van der Waals surface area contributed by atoms with Gasteiger partial charge in [-0.2, -0.15) is 5.26 Å². The molecule has 1 aromatic rings. The molecule has 16 heavy (non-hydrogen) atoms. The molecule has 0 atom stereocenters. The maximum Gasteiger partial charge on any atom is 0.123 e. The highest BCUT2D eigenvalue weighted by molar-refractivity contribution is 5.41. The number of ether oxygens (including phenoxy) is 1. The number of aryl methyl sites for hydroxylation is 1. The fraction of sp³-hybridized carbons (Fsp3) is 0.500. The Balaban J connectivity index is 2.00. The van der Waals surface area contributed by atoms with Crippen molar-refractivity contribution in [1.29, 1.82) is 5.26 Å². The van der Waals surface area contributed by atoms with Crippen molar-refractivity contribution in [3.8, 4) is 11.8 Å². The lowest BCUT2D eigenvalue weighted by Gasteiger charge is -2.13. The lowest BCUT2D eigenvalue weighted by molar-refractivity contribution is 0.250. The van der Waals surface area contributed by atoms with Crippen LogP contribution >= 0.6 is 0 Å². The molecule has 0 unspecified atom stereocenters. The highest BCUT2D eigenvalue weighted by atomic mass is 16.5. The summed E-state index contributed by atoms with van der Waals surface area (Å²) in [5, 5.41) is 8.83. The molecule has 0 saturated heterocycles. The molecule has 1 fully saturated rings. The van der Waals surface area contributed by atoms with Gasteiger partial charge in [0, 0.05) is 0 Å². The van der Waals surface area contributed by atoms with Crippen molar-refractivity contribution >= 4 is 0 Å². The van der Waals surface area contributed by atoms with Gasteiger partial charge < -0.3 is 4.74 Å². The van der Waals surface area contributed by atoms with Crippen LogP contribution in [-0.2, 0) is 0 Å². The smallest absolute Gasteiger partial charge is 0.123 e. The summed E-state index contributed by atoms with van der Waals surface area (Å²) < 4.78 is 5.81. The molecule has 0 bridgehead atoms. The van der Waals surface area contributed by atoms with Crippen LogP contribution in [0.2, 0.25) is 0 Å². The Kier molecular flexibility index (Phi) is 3.46. The van der Waals surface area contributed by atoms with Crippen molar-refractivity contribution in [1.82, 2.24) is 0 Å². The molecule has 1 aromatic carbocycles. The monoisotopic (exact) mass is 215 g/mol. The van der Waals surface area contributed by atoms with E-state index < -0.39 is 0 Å². The average Bonchev–Trinajstić information content (AvgIpc) is 2.81. The van der Waals surface area contributed by atoms with Crippen LogP contribution in [0.5, 0.6) is 5.75 Å². The minimum atomic E-state index is 0.673. The number of nitriles is 1. The van der Waals surface area contributed by atoms with Crippen LogP contribution in [0.1, 0.15) is 36.8 Å². The molecule has 2 rings (SSSR count). The van der Waals surface area contributed by atoms with Crippen molar-refractivity contribution < 1.29 is 4.74 Å². The molecule has 0 spiro atoms. The number of hydrogen-bond donors (Lipinski definition) is 0. The molecule has 2 heteroatoms. The molecule has 0 aromatic heterocycles. The van der Waals surface area contributed by atoms with Crippen LogP contribution in [-0.4, -0.2) is 6.61 Å². The van der Waals surface area contributed by atoms with Gasteiger partial charge in [0.25, 0.3) is 0 Å². The van der Waals surface area contributed by atoms with E-state index in [0.29, 0.717) is 11.5 Å². The lowest BCUT2D eigenvalue weighted by atomic mass is 10.1. The molecule has 0 aliphatic heterocycles. The van der Waals surface area contributed by atoms with Crippen LogP contribution < -0.4 is 4.74 Å². The average molecular weight is 215 g/mol. The quantitative estimate of drug-likeness (QED) is 0.773. The van der Waals surface area contributed by atoms with Gasteiger partial charge in [0.05, 0.1) is 18.2 Å². The van der Waals surface area contributed by atoms with Gasteiger partial charge >= 0.3 is 0 Å². The van der Waals surface area contributed by atoms with Crippen molar-refractivity contribution in [3.63, 3.8) is 0 Å². The summed E-state index contributed by atoms with van der Waals surface area (Å²) >= 11 is 0. The maximum absolute atomic E-state index is 8.83. The van der Waals surface area contributed by atoms with Gasteiger partial charge in [0.15, 0.2) is 0 Å². The van der Waals surface area contributed by atoms with E-state index in [9.17, 15) is 0 Å². The number of benzene rings is 1. The second kappa shape index (κ2) is 5.03. The van der Waals surface area contributed by atoms with E-state index in [0.717, 1.165) is 17.9 Å². The van der Waals surface area contributed by atoms with Gasteiger partial charge in [-0.1, -0.05) is 18.9 Å². The zero-order valence-electron chi connectivity index (χ0n) is 9.70. The second-order valence-corrected chi connectivity index (χ2v) is 4.55. The summed E-state index contributed by atoms with van der Waals surface area (Å²) in [5.41, 5.74) is 1.78. The Morgan fingerprint density at radius 3 is 2.81 bits per heavy atom. The third-order valence-corrected chi connectivity index (χ3v) is 3.27. The molecule has 0 amide bonds. The first-order valence-electron chi connectivity index (χ1n) is 5.93. The lowest BCUT2D eigenvalue weighted by Crippen LogP contribution is -2.08. The van der Waals surface area contributed by atoms with Gasteiger partial charge in [0.1, 0.15) is 5.75 Å². The summed E-state index contributed by atoms with van der Waals surface area (Å²) in [6.07, 6.45) is 5.25. The van der Waals surface area contributed by atoms with Crippen LogP contribution in [0.25, 0.3) is 0 Å². The zero-order chi connectivity index (χ0) is 11.4. The standard InChI is InChI=1S/C14H17NO/c1-11-6-7-13(9-15)8-14(11)16-10-12-4-2-3-5-12/h6-8,12H,2-5,10H2,1H3. The summed E-state index contributed by atoms with van der Waals surface area (Å²) in [7, 11) is 0. The SMILES string of the molecule is Cc1ccc(C#N)cc1OCC1CCCC1. The molecular formula is C14H17NO. The second-order valence-electron chi connectivity index (χ2n) is 4.55. The van der Waals surface area contributed by atoms with Gasteiger partial charge in [-0.3, -0.25) is 0 Å². The third-order valence-electron chi connectivity index (χ3n) is 3.27. The molecule has 1 aliphatic carbocycles. The number of nitrogens with zero attached hydrogens (tertiary/aromatic N) is 1. The van der Waals surface area contributed by atoms with Crippen LogP contribution in [0.15, 0.2) is 18.2 Å². The normalized spacial score (nSPS) is 16.0. The van der Waals surface area contributed by atoms with Crippen molar-refractivity contribution in [2.45, 2.75) is 32.6 Å². The Bertz CT molecular complexity index is 400. The third kappa shape index (κ3) is 2.55. The van der Waals surface area contributed by atoms with Gasteiger partial charge in [-0.05, 0) is 43.4 Å². The van der Waals surface area contributed by atoms with Crippen molar-refractivity contribution in [2.24, 2.45) is 5.92 Å². The Morgan fingerprint density at radius 2 is 2.12 bits per heavy atom. The predicted octanol–water partition coefficient (Wildman–Crippen LogP) is 3.44. The van der Waals surface area contributed by atoms with E-state index in [-0.39, 0.29) is 0 Å². The summed E-state index contributed by atoms with van der Waals surface area (Å²) in [4.78, 5) is 0.